The fourth-order valence-corrected chi connectivity index (χ4v) is 3.61. The highest BCUT2D eigenvalue weighted by Gasteiger charge is 2.12. The zero-order chi connectivity index (χ0) is 22.3. The van der Waals surface area contributed by atoms with Crippen molar-refractivity contribution < 1.29 is 17.9 Å². The van der Waals surface area contributed by atoms with E-state index in [4.69, 9.17) is 32.7 Å². The van der Waals surface area contributed by atoms with Crippen molar-refractivity contribution in [3.63, 3.8) is 0 Å². The standard InChI is InChI=1S/C22H20Cl2N2O4S/c1-2-29-22-13-17(5-12-21(22)30-15-16-3-6-18(23)7-4-16)14-25-26-31(27,28)20-10-8-19(24)9-11-20/h3-14,26H,2,15H2,1H3/b25-14+. The first-order valence-electron chi connectivity index (χ1n) is 9.32. The van der Waals surface area contributed by atoms with E-state index in [-0.39, 0.29) is 4.90 Å². The highest BCUT2D eigenvalue weighted by atomic mass is 35.5. The molecule has 0 heterocycles. The number of hydrogen-bond donors (Lipinski definition) is 1. The average molecular weight is 479 g/mol. The summed E-state index contributed by atoms with van der Waals surface area (Å²) < 4.78 is 36.1. The molecule has 1 N–H and O–H groups in total. The van der Waals surface area contributed by atoms with Gasteiger partial charge in [-0.2, -0.15) is 13.5 Å². The monoisotopic (exact) mass is 478 g/mol. The molecule has 0 saturated heterocycles. The number of sulfonamides is 1. The maximum absolute atomic E-state index is 12.3. The molecule has 3 aromatic rings. The van der Waals surface area contributed by atoms with Crippen molar-refractivity contribution in [2.75, 3.05) is 6.61 Å². The van der Waals surface area contributed by atoms with Crippen molar-refractivity contribution in [3.05, 3.63) is 87.9 Å². The van der Waals surface area contributed by atoms with Crippen LogP contribution in [0.5, 0.6) is 11.5 Å². The van der Waals surface area contributed by atoms with Crippen LogP contribution in [0, 0.1) is 0 Å². The minimum absolute atomic E-state index is 0.0648. The molecule has 0 radical (unpaired) electrons. The number of nitrogens with one attached hydrogen (secondary N) is 1. The zero-order valence-corrected chi connectivity index (χ0v) is 18.9. The molecule has 0 atom stereocenters. The molecule has 162 valence electrons. The van der Waals surface area contributed by atoms with E-state index in [1.807, 2.05) is 19.1 Å². The van der Waals surface area contributed by atoms with E-state index in [9.17, 15) is 8.42 Å². The average Bonchev–Trinajstić information content (AvgIpc) is 2.75. The molecule has 9 heteroatoms. The lowest BCUT2D eigenvalue weighted by Crippen LogP contribution is -2.18. The summed E-state index contributed by atoms with van der Waals surface area (Å²) in [6.45, 7) is 2.66. The van der Waals surface area contributed by atoms with Crippen LogP contribution in [0.4, 0.5) is 0 Å². The number of benzene rings is 3. The normalized spacial score (nSPS) is 11.5. The number of ether oxygens (including phenoxy) is 2. The summed E-state index contributed by atoms with van der Waals surface area (Å²) in [4.78, 5) is 2.24. The van der Waals surface area contributed by atoms with E-state index < -0.39 is 10.0 Å². The first kappa shape index (κ1) is 22.9. The smallest absolute Gasteiger partial charge is 0.276 e. The summed E-state index contributed by atoms with van der Waals surface area (Å²) in [5, 5.41) is 4.95. The van der Waals surface area contributed by atoms with Gasteiger partial charge < -0.3 is 9.47 Å². The SMILES string of the molecule is CCOc1cc(/C=N/NS(=O)(=O)c2ccc(Cl)cc2)ccc1OCc1ccc(Cl)cc1. The molecular formula is C22H20Cl2N2O4S. The third-order valence-corrected chi connectivity index (χ3v) is 5.83. The summed E-state index contributed by atoms with van der Waals surface area (Å²) in [6.07, 6.45) is 1.39. The van der Waals surface area contributed by atoms with Crippen molar-refractivity contribution in [3.8, 4) is 11.5 Å². The van der Waals surface area contributed by atoms with Crippen LogP contribution in [0.25, 0.3) is 0 Å². The molecule has 0 bridgehead atoms. The number of hydrogen-bond acceptors (Lipinski definition) is 5. The van der Waals surface area contributed by atoms with Crippen LogP contribution in [-0.4, -0.2) is 21.2 Å². The lowest BCUT2D eigenvalue weighted by Gasteiger charge is -2.12. The molecule has 0 amide bonds. The minimum atomic E-state index is -3.79. The van der Waals surface area contributed by atoms with Crippen molar-refractivity contribution >= 4 is 39.4 Å². The Morgan fingerprint density at radius 3 is 2.19 bits per heavy atom. The second kappa shape index (κ2) is 10.5. The molecular weight excluding hydrogens is 459 g/mol. The molecule has 3 aromatic carbocycles. The third kappa shape index (κ3) is 6.62. The van der Waals surface area contributed by atoms with Gasteiger partial charge in [0.25, 0.3) is 10.0 Å². The maximum Gasteiger partial charge on any atom is 0.276 e. The minimum Gasteiger partial charge on any atom is -0.490 e. The third-order valence-electron chi connectivity index (χ3n) is 4.09. The van der Waals surface area contributed by atoms with Crippen molar-refractivity contribution in [1.29, 1.82) is 0 Å². The Balaban J connectivity index is 1.69. The molecule has 0 aliphatic carbocycles. The maximum atomic E-state index is 12.3. The Hall–Kier alpha value is -2.74. The number of halogens is 2. The van der Waals surface area contributed by atoms with Gasteiger partial charge in [-0.05, 0) is 72.6 Å². The topological polar surface area (TPSA) is 77.0 Å². The molecule has 0 aromatic heterocycles. The van der Waals surface area contributed by atoms with E-state index in [1.165, 1.54) is 30.5 Å². The number of hydrazone groups is 1. The molecule has 0 fully saturated rings. The fraction of sp³-hybridized carbons (Fsp3) is 0.136. The predicted octanol–water partition coefficient (Wildman–Crippen LogP) is 5.28. The quantitative estimate of drug-likeness (QED) is 0.335. The lowest BCUT2D eigenvalue weighted by molar-refractivity contribution is 0.269. The van der Waals surface area contributed by atoms with Gasteiger partial charge in [0.15, 0.2) is 11.5 Å². The van der Waals surface area contributed by atoms with Crippen LogP contribution in [-0.2, 0) is 16.6 Å². The van der Waals surface area contributed by atoms with E-state index >= 15 is 0 Å². The van der Waals surface area contributed by atoms with Gasteiger partial charge in [0.2, 0.25) is 0 Å². The van der Waals surface area contributed by atoms with Crippen molar-refractivity contribution in [2.24, 2.45) is 5.10 Å². The fourth-order valence-electron chi connectivity index (χ4n) is 2.57. The predicted molar refractivity (Wildman–Crippen MR) is 123 cm³/mol. The summed E-state index contributed by atoms with van der Waals surface area (Å²) >= 11 is 11.7. The van der Waals surface area contributed by atoms with Crippen LogP contribution in [0.2, 0.25) is 10.0 Å². The van der Waals surface area contributed by atoms with E-state index in [1.54, 1.807) is 30.3 Å². The molecule has 0 aliphatic rings. The number of nitrogens with zero attached hydrogens (tertiary/aromatic N) is 1. The second-order valence-electron chi connectivity index (χ2n) is 6.36. The van der Waals surface area contributed by atoms with Crippen LogP contribution >= 0.6 is 23.2 Å². The van der Waals surface area contributed by atoms with Gasteiger partial charge in [0.1, 0.15) is 6.61 Å². The van der Waals surface area contributed by atoms with E-state index in [0.29, 0.717) is 40.3 Å². The largest absolute Gasteiger partial charge is 0.490 e. The van der Waals surface area contributed by atoms with Crippen LogP contribution in [0.15, 0.2) is 76.7 Å². The summed E-state index contributed by atoms with van der Waals surface area (Å²) in [7, 11) is -3.79. The molecule has 3 rings (SSSR count). The Kier molecular flexibility index (Phi) is 7.79. The summed E-state index contributed by atoms with van der Waals surface area (Å²) in [5.74, 6) is 1.09. The highest BCUT2D eigenvalue weighted by molar-refractivity contribution is 7.89. The zero-order valence-electron chi connectivity index (χ0n) is 16.6. The van der Waals surface area contributed by atoms with Gasteiger partial charge in [-0.3, -0.25) is 0 Å². The van der Waals surface area contributed by atoms with Gasteiger partial charge in [-0.1, -0.05) is 35.3 Å². The molecule has 6 nitrogen and oxygen atoms in total. The van der Waals surface area contributed by atoms with Crippen LogP contribution in [0.3, 0.4) is 0 Å². The van der Waals surface area contributed by atoms with Gasteiger partial charge in [0.05, 0.1) is 17.7 Å². The Labute approximate surface area is 191 Å². The lowest BCUT2D eigenvalue weighted by atomic mass is 10.2. The first-order valence-corrected chi connectivity index (χ1v) is 11.6. The number of rotatable bonds is 9. The Morgan fingerprint density at radius 2 is 1.55 bits per heavy atom. The van der Waals surface area contributed by atoms with Crippen molar-refractivity contribution in [2.45, 2.75) is 18.4 Å². The summed E-state index contributed by atoms with van der Waals surface area (Å²) in [5.41, 5.74) is 1.61. The van der Waals surface area contributed by atoms with Gasteiger partial charge in [-0.25, -0.2) is 4.83 Å². The highest BCUT2D eigenvalue weighted by Crippen LogP contribution is 2.29. The molecule has 0 unspecified atom stereocenters. The van der Waals surface area contributed by atoms with Gasteiger partial charge >= 0.3 is 0 Å². The molecule has 0 spiro atoms. The molecule has 0 saturated carbocycles. The Bertz CT molecular complexity index is 1150. The van der Waals surface area contributed by atoms with Crippen LogP contribution in [0.1, 0.15) is 18.1 Å². The van der Waals surface area contributed by atoms with E-state index in [0.717, 1.165) is 5.56 Å². The molecule has 31 heavy (non-hydrogen) atoms. The summed E-state index contributed by atoms with van der Waals surface area (Å²) in [6, 6.07) is 18.4. The molecule has 0 aliphatic heterocycles. The first-order chi connectivity index (χ1) is 14.9. The van der Waals surface area contributed by atoms with E-state index in [2.05, 4.69) is 9.93 Å². The van der Waals surface area contributed by atoms with Crippen LogP contribution < -0.4 is 14.3 Å². The van der Waals surface area contributed by atoms with Crippen molar-refractivity contribution in [1.82, 2.24) is 4.83 Å². The second-order valence-corrected chi connectivity index (χ2v) is 8.89. The Morgan fingerprint density at radius 1 is 0.903 bits per heavy atom. The van der Waals surface area contributed by atoms with Gasteiger partial charge in [0, 0.05) is 10.0 Å². The van der Waals surface area contributed by atoms with Gasteiger partial charge in [-0.15, -0.1) is 0 Å².